The molecule has 3 atom stereocenters. The maximum atomic E-state index is 14.5. The van der Waals surface area contributed by atoms with Gasteiger partial charge in [0.15, 0.2) is 0 Å². The number of piperidine rings is 1. The number of hydrogen-bond donors (Lipinski definition) is 1. The van der Waals surface area contributed by atoms with Crippen molar-refractivity contribution >= 4 is 23.1 Å². The molecule has 0 aromatic carbocycles. The SMILES string of the molecule is C=CC(=O)N1CCN([C@@H]2CN3c4cc(N5CCC6(CC5)OCC(CF)N=C6/C(C)=C\N)nc(C(F)F)c4CCCC23)CC1. The summed E-state index contributed by atoms with van der Waals surface area (Å²) in [6.45, 7) is 9.91. The second kappa shape index (κ2) is 12.1. The summed E-state index contributed by atoms with van der Waals surface area (Å²) in [5.41, 5.74) is 8.04. The summed E-state index contributed by atoms with van der Waals surface area (Å²) in [4.78, 5) is 29.9. The van der Waals surface area contributed by atoms with Gasteiger partial charge in [-0.25, -0.2) is 18.2 Å². The lowest BCUT2D eigenvalue weighted by molar-refractivity contribution is -0.128. The van der Waals surface area contributed by atoms with Gasteiger partial charge >= 0.3 is 0 Å². The highest BCUT2D eigenvalue weighted by Gasteiger charge is 2.47. The molecule has 2 unspecified atom stereocenters. The molecule has 12 heteroatoms. The van der Waals surface area contributed by atoms with Gasteiger partial charge in [-0.1, -0.05) is 6.58 Å². The van der Waals surface area contributed by atoms with Gasteiger partial charge in [0, 0.05) is 75.2 Å². The molecule has 234 valence electrons. The average Bonchev–Trinajstić information content (AvgIpc) is 3.16. The van der Waals surface area contributed by atoms with Crippen molar-refractivity contribution in [2.75, 3.05) is 68.9 Å². The molecule has 6 rings (SSSR count). The smallest absolute Gasteiger partial charge is 0.280 e. The highest BCUT2D eigenvalue weighted by atomic mass is 19.3. The third kappa shape index (κ3) is 5.41. The largest absolute Gasteiger partial charge is 0.404 e. The molecule has 1 aromatic rings. The predicted molar refractivity (Wildman–Crippen MR) is 161 cm³/mol. The van der Waals surface area contributed by atoms with E-state index in [9.17, 15) is 18.0 Å². The van der Waals surface area contributed by atoms with E-state index in [0.29, 0.717) is 68.6 Å². The van der Waals surface area contributed by atoms with E-state index >= 15 is 0 Å². The van der Waals surface area contributed by atoms with Crippen LogP contribution in [0.4, 0.5) is 24.7 Å². The quantitative estimate of drug-likeness (QED) is 0.501. The fraction of sp³-hybridized carbons (Fsp3) is 0.645. The molecule has 6 heterocycles. The van der Waals surface area contributed by atoms with Gasteiger partial charge in [0.2, 0.25) is 5.91 Å². The predicted octanol–water partition coefficient (Wildman–Crippen LogP) is 3.25. The molecule has 1 amide bonds. The molecule has 9 nitrogen and oxygen atoms in total. The summed E-state index contributed by atoms with van der Waals surface area (Å²) in [5, 5.41) is 0. The summed E-state index contributed by atoms with van der Waals surface area (Å²) >= 11 is 0. The second-order valence-corrected chi connectivity index (χ2v) is 12.3. The number of pyridine rings is 1. The standard InChI is InChI=1S/C31H42F3N7O2/c1-3-27(42)40-13-11-38(12-14-40)25-18-41-23(25)6-4-5-22-24(41)15-26(37-28(22)30(33)34)39-9-7-31(8-10-39)29(20(2)17-35)36-21(16-32)19-43-31/h3,15,17,21,23,25,30H,1,4-14,16,18-19,35H2,2H3/b20-17-/t21?,23?,25-/m1/s1. The van der Waals surface area contributed by atoms with Crippen LogP contribution in [0.1, 0.15) is 50.3 Å². The highest BCUT2D eigenvalue weighted by Crippen LogP contribution is 2.44. The first-order chi connectivity index (χ1) is 20.8. The molecule has 0 aliphatic carbocycles. The van der Waals surface area contributed by atoms with Crippen LogP contribution in [0.5, 0.6) is 0 Å². The Morgan fingerprint density at radius 1 is 1.21 bits per heavy atom. The second-order valence-electron chi connectivity index (χ2n) is 12.3. The number of carbonyl (C=O) groups is 1. The van der Waals surface area contributed by atoms with E-state index in [0.717, 1.165) is 43.7 Å². The number of anilines is 2. The van der Waals surface area contributed by atoms with Gasteiger partial charge in [-0.2, -0.15) is 0 Å². The van der Waals surface area contributed by atoms with Gasteiger partial charge in [0.05, 0.1) is 12.3 Å². The van der Waals surface area contributed by atoms with Crippen LogP contribution in [-0.4, -0.2) is 109 Å². The van der Waals surface area contributed by atoms with E-state index in [1.807, 2.05) is 17.9 Å². The lowest BCUT2D eigenvalue weighted by atomic mass is 9.82. The van der Waals surface area contributed by atoms with Gasteiger partial charge < -0.3 is 25.2 Å². The molecule has 1 aromatic heterocycles. The van der Waals surface area contributed by atoms with Crippen LogP contribution < -0.4 is 15.5 Å². The van der Waals surface area contributed by atoms with Gasteiger partial charge in [0.1, 0.15) is 29.8 Å². The Morgan fingerprint density at radius 3 is 2.60 bits per heavy atom. The van der Waals surface area contributed by atoms with Crippen molar-refractivity contribution in [2.24, 2.45) is 10.7 Å². The Labute approximate surface area is 251 Å². The zero-order valence-corrected chi connectivity index (χ0v) is 24.9. The molecule has 3 fully saturated rings. The van der Waals surface area contributed by atoms with Gasteiger partial charge in [-0.3, -0.25) is 14.7 Å². The minimum Gasteiger partial charge on any atom is -0.404 e. The number of alkyl halides is 3. The van der Waals surface area contributed by atoms with Crippen molar-refractivity contribution in [2.45, 2.75) is 69.2 Å². The number of halogens is 3. The molecule has 3 saturated heterocycles. The maximum Gasteiger partial charge on any atom is 0.280 e. The highest BCUT2D eigenvalue weighted by molar-refractivity contribution is 6.06. The van der Waals surface area contributed by atoms with Crippen molar-refractivity contribution in [1.29, 1.82) is 0 Å². The molecular formula is C31H42F3N7O2. The fourth-order valence-corrected chi connectivity index (χ4v) is 7.58. The molecule has 0 bridgehead atoms. The van der Waals surface area contributed by atoms with E-state index in [1.165, 1.54) is 12.3 Å². The van der Waals surface area contributed by atoms with Crippen LogP contribution in [0, 0.1) is 0 Å². The summed E-state index contributed by atoms with van der Waals surface area (Å²) < 4.78 is 48.7. The molecular weight excluding hydrogens is 559 g/mol. The van der Waals surface area contributed by atoms with E-state index in [4.69, 9.17) is 10.5 Å². The third-order valence-electron chi connectivity index (χ3n) is 10.1. The number of rotatable bonds is 6. The summed E-state index contributed by atoms with van der Waals surface area (Å²) in [6.07, 6.45) is 3.69. The molecule has 0 radical (unpaired) electrons. The first-order valence-corrected chi connectivity index (χ1v) is 15.4. The number of ether oxygens (including phenoxy) is 1. The van der Waals surface area contributed by atoms with Crippen molar-refractivity contribution in [3.8, 4) is 0 Å². The number of aromatic nitrogens is 1. The number of amides is 1. The zero-order chi connectivity index (χ0) is 30.3. The van der Waals surface area contributed by atoms with Crippen LogP contribution in [-0.2, 0) is 16.0 Å². The van der Waals surface area contributed by atoms with Crippen molar-refractivity contribution in [3.63, 3.8) is 0 Å². The monoisotopic (exact) mass is 601 g/mol. The number of nitrogens with zero attached hydrogens (tertiary/aromatic N) is 6. The van der Waals surface area contributed by atoms with E-state index in [-0.39, 0.29) is 24.2 Å². The number of piperazine rings is 1. The molecule has 5 aliphatic heterocycles. The topological polar surface area (TPSA) is 90.5 Å². The number of hydrogen-bond acceptors (Lipinski definition) is 8. The normalized spacial score (nSPS) is 27.7. The zero-order valence-electron chi connectivity index (χ0n) is 24.9. The Balaban J connectivity index is 1.21. The van der Waals surface area contributed by atoms with Crippen molar-refractivity contribution in [3.05, 3.63) is 41.8 Å². The molecule has 0 saturated carbocycles. The number of nitrogens with two attached hydrogens (primary N) is 1. The maximum absolute atomic E-state index is 14.5. The van der Waals surface area contributed by atoms with E-state index in [1.54, 1.807) is 0 Å². The lowest BCUT2D eigenvalue weighted by Gasteiger charge is -2.55. The Kier molecular flexibility index (Phi) is 8.43. The Bertz CT molecular complexity index is 1290. The van der Waals surface area contributed by atoms with Gasteiger partial charge in [-0.05, 0) is 56.9 Å². The van der Waals surface area contributed by atoms with Crippen molar-refractivity contribution < 1.29 is 22.7 Å². The first kappa shape index (κ1) is 29.9. The van der Waals surface area contributed by atoms with Crippen LogP contribution in [0.2, 0.25) is 0 Å². The number of aliphatic imine (C=N–C) groups is 1. The summed E-state index contributed by atoms with van der Waals surface area (Å²) in [5.74, 6) is 0.529. The third-order valence-corrected chi connectivity index (χ3v) is 10.1. The number of fused-ring (bicyclic) bond motifs is 3. The van der Waals surface area contributed by atoms with Crippen LogP contribution in [0.25, 0.3) is 0 Å². The van der Waals surface area contributed by atoms with Gasteiger partial charge in [-0.15, -0.1) is 0 Å². The van der Waals surface area contributed by atoms with E-state index < -0.39 is 24.7 Å². The number of carbonyl (C=O) groups excluding carboxylic acids is 1. The molecule has 2 N–H and O–H groups in total. The molecule has 43 heavy (non-hydrogen) atoms. The lowest BCUT2D eigenvalue weighted by Crippen LogP contribution is -2.69. The fourth-order valence-electron chi connectivity index (χ4n) is 7.58. The summed E-state index contributed by atoms with van der Waals surface area (Å²) in [7, 11) is 0. The van der Waals surface area contributed by atoms with Crippen LogP contribution in [0.3, 0.4) is 0 Å². The minimum absolute atomic E-state index is 0.0324. The molecule has 5 aliphatic rings. The Hall–Kier alpha value is -3.12. The first-order valence-electron chi connectivity index (χ1n) is 15.4. The van der Waals surface area contributed by atoms with Crippen molar-refractivity contribution in [1.82, 2.24) is 14.8 Å². The minimum atomic E-state index is -2.66. The van der Waals surface area contributed by atoms with Crippen LogP contribution >= 0.6 is 0 Å². The Morgan fingerprint density at radius 2 is 1.95 bits per heavy atom. The average molecular weight is 602 g/mol. The molecule has 1 spiro atoms. The van der Waals surface area contributed by atoms with Crippen LogP contribution in [0.15, 0.2) is 35.5 Å². The summed E-state index contributed by atoms with van der Waals surface area (Å²) in [6, 6.07) is 2.05. The van der Waals surface area contributed by atoms with E-state index in [2.05, 4.69) is 31.3 Å². The van der Waals surface area contributed by atoms with Gasteiger partial charge in [0.25, 0.3) is 6.43 Å².